The molecule has 1 saturated heterocycles. The van der Waals surface area contributed by atoms with Gasteiger partial charge in [-0.25, -0.2) is 0 Å². The van der Waals surface area contributed by atoms with Crippen LogP contribution in [0, 0.1) is 5.41 Å². The number of benzene rings is 1. The predicted molar refractivity (Wildman–Crippen MR) is 108 cm³/mol. The summed E-state index contributed by atoms with van der Waals surface area (Å²) in [5.41, 5.74) is 1.48. The molecule has 0 radical (unpaired) electrons. The summed E-state index contributed by atoms with van der Waals surface area (Å²) in [7, 11) is 0. The van der Waals surface area contributed by atoms with Gasteiger partial charge in [0, 0.05) is 32.8 Å². The van der Waals surface area contributed by atoms with Crippen LogP contribution in [0.1, 0.15) is 39.2 Å². The van der Waals surface area contributed by atoms with Gasteiger partial charge in [-0.2, -0.15) is 0 Å². The zero-order valence-corrected chi connectivity index (χ0v) is 16.6. The summed E-state index contributed by atoms with van der Waals surface area (Å²) < 4.78 is 11.1. The van der Waals surface area contributed by atoms with Gasteiger partial charge in [0.05, 0.1) is 12.7 Å². The molecule has 0 aromatic heterocycles. The molecule has 2 N–H and O–H groups in total. The van der Waals surface area contributed by atoms with Gasteiger partial charge in [0.2, 0.25) is 0 Å². The van der Waals surface area contributed by atoms with E-state index in [2.05, 4.69) is 61.7 Å². The van der Waals surface area contributed by atoms with Crippen molar-refractivity contribution >= 4 is 5.96 Å². The molecule has 2 rings (SSSR count). The van der Waals surface area contributed by atoms with Crippen molar-refractivity contribution in [3.05, 3.63) is 35.9 Å². The van der Waals surface area contributed by atoms with E-state index in [1.807, 2.05) is 0 Å². The summed E-state index contributed by atoms with van der Waals surface area (Å²) in [6, 6.07) is 10.6. The van der Waals surface area contributed by atoms with Crippen LogP contribution in [-0.4, -0.2) is 51.5 Å². The summed E-state index contributed by atoms with van der Waals surface area (Å²) >= 11 is 0. The van der Waals surface area contributed by atoms with Gasteiger partial charge in [-0.3, -0.25) is 4.99 Å². The highest BCUT2D eigenvalue weighted by Gasteiger charge is 2.18. The summed E-state index contributed by atoms with van der Waals surface area (Å²) in [5.74, 6) is 0.887. The van der Waals surface area contributed by atoms with Gasteiger partial charge < -0.3 is 20.1 Å². The Labute approximate surface area is 158 Å². The van der Waals surface area contributed by atoms with Gasteiger partial charge in [0.1, 0.15) is 0 Å². The minimum atomic E-state index is 0.120. The van der Waals surface area contributed by atoms with E-state index in [1.54, 1.807) is 0 Å². The lowest BCUT2D eigenvalue weighted by molar-refractivity contribution is 0.0420. The molecule has 5 heteroatoms. The van der Waals surface area contributed by atoms with Crippen molar-refractivity contribution in [2.75, 3.05) is 39.5 Å². The zero-order chi connectivity index (χ0) is 18.7. The number of guanidine groups is 1. The maximum Gasteiger partial charge on any atom is 0.191 e. The molecular weight excluding hydrogens is 326 g/mol. The van der Waals surface area contributed by atoms with Crippen molar-refractivity contribution in [2.24, 2.45) is 10.4 Å². The lowest BCUT2D eigenvalue weighted by atomic mass is 9.86. The third-order valence-electron chi connectivity index (χ3n) is 4.39. The Balaban J connectivity index is 1.71. The first-order valence-electron chi connectivity index (χ1n) is 9.84. The van der Waals surface area contributed by atoms with Crippen LogP contribution in [0.2, 0.25) is 0 Å². The van der Waals surface area contributed by atoms with Crippen molar-refractivity contribution in [1.82, 2.24) is 10.6 Å². The molecule has 0 bridgehead atoms. The molecular formula is C21H35N3O2. The molecule has 1 atom stereocenters. The fraction of sp³-hybridized carbons (Fsp3) is 0.667. The van der Waals surface area contributed by atoms with E-state index >= 15 is 0 Å². The molecule has 1 aliphatic heterocycles. The first-order chi connectivity index (χ1) is 12.6. The molecule has 0 amide bonds. The highest BCUT2D eigenvalue weighted by Crippen LogP contribution is 2.22. The average molecular weight is 362 g/mol. The Hall–Kier alpha value is -1.59. The van der Waals surface area contributed by atoms with Crippen molar-refractivity contribution in [3.63, 3.8) is 0 Å². The minimum Gasteiger partial charge on any atom is -0.379 e. The van der Waals surface area contributed by atoms with E-state index in [0.717, 1.165) is 64.7 Å². The Morgan fingerprint density at radius 2 is 2.08 bits per heavy atom. The largest absolute Gasteiger partial charge is 0.379 e. The number of aliphatic imine (C=N–C) groups is 1. The van der Waals surface area contributed by atoms with Crippen LogP contribution in [0.15, 0.2) is 35.3 Å². The molecule has 1 aromatic rings. The first kappa shape index (κ1) is 20.7. The molecule has 1 unspecified atom stereocenters. The molecule has 5 nitrogen and oxygen atoms in total. The quantitative estimate of drug-likeness (QED) is 0.382. The maximum absolute atomic E-state index is 5.80. The van der Waals surface area contributed by atoms with Crippen LogP contribution >= 0.6 is 0 Å². The number of hydrogen-bond donors (Lipinski definition) is 2. The number of nitrogens with zero attached hydrogens (tertiary/aromatic N) is 1. The second-order valence-electron chi connectivity index (χ2n) is 7.66. The number of hydrogen-bond acceptors (Lipinski definition) is 3. The van der Waals surface area contributed by atoms with Crippen LogP contribution in [0.5, 0.6) is 0 Å². The highest BCUT2D eigenvalue weighted by molar-refractivity contribution is 5.79. The number of nitrogens with one attached hydrogen (secondary N) is 2. The molecule has 26 heavy (non-hydrogen) atoms. The van der Waals surface area contributed by atoms with E-state index in [9.17, 15) is 0 Å². The number of ether oxygens (including phenoxy) is 2. The summed E-state index contributed by atoms with van der Waals surface area (Å²) in [6.07, 6.45) is 3.30. The van der Waals surface area contributed by atoms with E-state index in [4.69, 9.17) is 14.5 Å². The lowest BCUT2D eigenvalue weighted by Crippen LogP contribution is -2.39. The van der Waals surface area contributed by atoms with Crippen molar-refractivity contribution < 1.29 is 9.47 Å². The third kappa shape index (κ3) is 8.19. The molecule has 1 fully saturated rings. The predicted octanol–water partition coefficient (Wildman–Crippen LogP) is 3.01. The van der Waals surface area contributed by atoms with Crippen LogP contribution < -0.4 is 10.6 Å². The van der Waals surface area contributed by atoms with Crippen LogP contribution in [0.4, 0.5) is 0 Å². The van der Waals surface area contributed by atoms with E-state index in [1.165, 1.54) is 5.56 Å². The Morgan fingerprint density at radius 3 is 2.77 bits per heavy atom. The minimum absolute atomic E-state index is 0.120. The zero-order valence-electron chi connectivity index (χ0n) is 16.6. The van der Waals surface area contributed by atoms with Crippen molar-refractivity contribution in [1.29, 1.82) is 0 Å². The molecule has 1 aromatic carbocycles. The smallest absolute Gasteiger partial charge is 0.191 e. The van der Waals surface area contributed by atoms with Gasteiger partial charge in [0.15, 0.2) is 5.96 Å². The fourth-order valence-corrected chi connectivity index (χ4v) is 3.01. The molecule has 146 valence electrons. The summed E-state index contributed by atoms with van der Waals surface area (Å²) in [4.78, 5) is 4.79. The second-order valence-corrected chi connectivity index (χ2v) is 7.66. The monoisotopic (exact) mass is 361 g/mol. The third-order valence-corrected chi connectivity index (χ3v) is 4.39. The van der Waals surface area contributed by atoms with Gasteiger partial charge in [-0.05, 0) is 37.2 Å². The van der Waals surface area contributed by atoms with Crippen LogP contribution in [0.25, 0.3) is 0 Å². The van der Waals surface area contributed by atoms with Gasteiger partial charge in [-0.15, -0.1) is 0 Å². The summed E-state index contributed by atoms with van der Waals surface area (Å²) in [5, 5.41) is 6.74. The molecule has 1 heterocycles. The highest BCUT2D eigenvalue weighted by atomic mass is 16.5. The second kappa shape index (κ2) is 11.2. The fourth-order valence-electron chi connectivity index (χ4n) is 3.01. The SMILES string of the molecule is CCNC(=NCC(C)(C)Cc1ccccc1)NCCCOC1CCOC1. The molecule has 0 saturated carbocycles. The van der Waals surface area contributed by atoms with Gasteiger partial charge in [0.25, 0.3) is 0 Å². The van der Waals surface area contributed by atoms with Gasteiger partial charge in [-0.1, -0.05) is 44.2 Å². The van der Waals surface area contributed by atoms with E-state index < -0.39 is 0 Å². The van der Waals surface area contributed by atoms with E-state index in [0.29, 0.717) is 0 Å². The molecule has 0 aliphatic carbocycles. The Morgan fingerprint density at radius 1 is 1.27 bits per heavy atom. The van der Waals surface area contributed by atoms with Crippen molar-refractivity contribution in [3.8, 4) is 0 Å². The molecule has 0 spiro atoms. The first-order valence-corrected chi connectivity index (χ1v) is 9.84. The van der Waals surface area contributed by atoms with E-state index in [-0.39, 0.29) is 11.5 Å². The van der Waals surface area contributed by atoms with Crippen LogP contribution in [0.3, 0.4) is 0 Å². The van der Waals surface area contributed by atoms with Gasteiger partial charge >= 0.3 is 0 Å². The number of rotatable bonds is 10. The lowest BCUT2D eigenvalue weighted by Gasteiger charge is -2.23. The topological polar surface area (TPSA) is 54.9 Å². The standard InChI is InChI=1S/C21H35N3O2/c1-4-22-20(23-12-8-13-26-19-11-14-25-16-19)24-17-21(2,3)15-18-9-6-5-7-10-18/h5-7,9-10,19H,4,8,11-17H2,1-3H3,(H2,22,23,24). The Bertz CT molecular complexity index is 525. The summed E-state index contributed by atoms with van der Waals surface area (Å²) in [6.45, 7) is 11.5. The Kier molecular flexibility index (Phi) is 8.92. The van der Waals surface area contributed by atoms with Crippen LogP contribution in [-0.2, 0) is 15.9 Å². The molecule has 1 aliphatic rings. The average Bonchev–Trinajstić information content (AvgIpc) is 3.13. The normalized spacial score (nSPS) is 18.1. The van der Waals surface area contributed by atoms with Crippen molar-refractivity contribution in [2.45, 2.75) is 46.1 Å². The maximum atomic E-state index is 5.80.